The molecule has 2 bridgehead atoms. The highest BCUT2D eigenvalue weighted by Crippen LogP contribution is 2.49. The third-order valence-corrected chi connectivity index (χ3v) is 18.2. The first-order valence-electron chi connectivity index (χ1n) is 19.4. The first kappa shape index (κ1) is 39.9. The minimum absolute atomic E-state index is 0. The third kappa shape index (κ3) is 6.63. The number of hydrogen-bond acceptors (Lipinski definition) is 7. The minimum Gasteiger partial charge on any atom is -1.00 e. The van der Waals surface area contributed by atoms with Crippen molar-refractivity contribution < 1.29 is 54.8 Å². The van der Waals surface area contributed by atoms with E-state index in [1.54, 1.807) is 12.2 Å². The lowest BCUT2D eigenvalue weighted by Crippen LogP contribution is -3.00. The van der Waals surface area contributed by atoms with Crippen LogP contribution in [0.15, 0.2) is 59.8 Å². The number of nitrogens with two attached hydrogens (primary N) is 1. The van der Waals surface area contributed by atoms with E-state index in [0.29, 0.717) is 29.0 Å². The van der Waals surface area contributed by atoms with Gasteiger partial charge in [-0.25, -0.2) is 0 Å². The van der Waals surface area contributed by atoms with E-state index in [9.17, 15) is 24.3 Å². The Hall–Kier alpha value is -3.81. The average molecular weight is 777 g/mol. The fourth-order valence-electron chi connectivity index (χ4n) is 10.1. The number of ether oxygens (including phenoxy) is 1. The van der Waals surface area contributed by atoms with Gasteiger partial charge in [0.05, 0.1) is 29.7 Å². The predicted molar refractivity (Wildman–Crippen MR) is 200 cm³/mol. The Bertz CT molecular complexity index is 1890. The zero-order chi connectivity index (χ0) is 37.9. The number of allylic oxidation sites excluding steroid dienone is 1. The van der Waals surface area contributed by atoms with Crippen LogP contribution >= 0.6 is 0 Å². The molecule has 0 radical (unpaired) electrons. The molecule has 8 rings (SSSR count). The number of halogens is 1. The van der Waals surface area contributed by atoms with Crippen molar-refractivity contribution in [3.8, 4) is 16.9 Å². The van der Waals surface area contributed by atoms with Gasteiger partial charge in [-0.2, -0.15) is 0 Å². The Morgan fingerprint density at radius 3 is 2.24 bits per heavy atom. The van der Waals surface area contributed by atoms with Crippen LogP contribution in [-0.4, -0.2) is 110 Å². The molecule has 0 aromatic heterocycles. The molecule has 54 heavy (non-hydrogen) atoms. The third-order valence-electron chi connectivity index (χ3n) is 13.4. The Balaban J connectivity index is 0.00000497. The lowest BCUT2D eigenvalue weighted by Gasteiger charge is -2.55. The van der Waals surface area contributed by atoms with Gasteiger partial charge in [0.15, 0.2) is 20.6 Å². The number of piperazine rings is 3. The minimum atomic E-state index is -1.97. The number of carboxylic acid groups (broad SMARTS) is 1. The van der Waals surface area contributed by atoms with E-state index in [1.165, 1.54) is 4.90 Å². The highest BCUT2D eigenvalue weighted by Gasteiger charge is 2.59. The van der Waals surface area contributed by atoms with Gasteiger partial charge in [0.1, 0.15) is 58.2 Å². The van der Waals surface area contributed by atoms with E-state index in [2.05, 4.69) is 26.8 Å². The number of carbonyl (C=O) groups is 4. The predicted octanol–water partition coefficient (Wildman–Crippen LogP) is 0.374. The molecule has 290 valence electrons. The van der Waals surface area contributed by atoms with Gasteiger partial charge < -0.3 is 51.1 Å². The molecule has 0 unspecified atom stereocenters. The van der Waals surface area contributed by atoms with Crippen LogP contribution < -0.4 is 28.0 Å². The standard InChI is InChI=1S/C41H52N4O7Si.ClH/c1-6-53(7-2,8-3)52-27(5)35-37-26(4)29(38(41(49)50)43(37)40(35)48)12-10-22-51-33-13-9-11-31-36(33)30-15-14-28(23-32(30)39(31)47)24-44-16-19-45(20-17-44,21-18-44)25-34(42)46;/h9-15,23,26-27,35,37H,6-8,16-22,24-25H2,1-5H3,(H-2,42,46,49,50);1H/b12-10+;/t26-,27+,35+,37+,44?,45?;/m0./s1. The number of carboxylic acids is 1. The summed E-state index contributed by atoms with van der Waals surface area (Å²) in [4.78, 5) is 52.6. The number of rotatable bonds is 15. The fourth-order valence-corrected chi connectivity index (χ4v) is 13.0. The number of amides is 2. The summed E-state index contributed by atoms with van der Waals surface area (Å²) in [5, 5.41) is 12.4. The molecule has 6 aliphatic rings. The molecular weight excluding hydrogens is 724 g/mol. The number of nitrogens with zero attached hydrogens (tertiary/aromatic N) is 3. The maximum absolute atomic E-state index is 13.7. The van der Waals surface area contributed by atoms with Crippen molar-refractivity contribution in [1.29, 1.82) is 0 Å². The van der Waals surface area contributed by atoms with Crippen LogP contribution in [0.25, 0.3) is 11.1 Å². The molecule has 0 saturated carbocycles. The molecule has 13 heteroatoms. The number of carbonyl (C=O) groups excluding carboxylic acids is 4. The van der Waals surface area contributed by atoms with E-state index >= 15 is 0 Å². The second-order valence-corrected chi connectivity index (χ2v) is 20.8. The first-order chi connectivity index (χ1) is 25.3. The lowest BCUT2D eigenvalue weighted by molar-refractivity contribution is -1.08. The zero-order valence-corrected chi connectivity index (χ0v) is 33.8. The largest absolute Gasteiger partial charge is 1.00 e. The topological polar surface area (TPSA) is 139 Å². The van der Waals surface area contributed by atoms with Crippen molar-refractivity contribution in [3.63, 3.8) is 0 Å². The van der Waals surface area contributed by atoms with Crippen LogP contribution in [0.5, 0.6) is 5.75 Å². The molecule has 4 saturated heterocycles. The van der Waals surface area contributed by atoms with E-state index in [-0.39, 0.29) is 60.4 Å². The zero-order valence-electron chi connectivity index (χ0n) is 32.1. The van der Waals surface area contributed by atoms with Crippen LogP contribution in [0.2, 0.25) is 18.1 Å². The summed E-state index contributed by atoms with van der Waals surface area (Å²) in [6, 6.07) is 14.3. The molecule has 4 fully saturated rings. The summed E-state index contributed by atoms with van der Waals surface area (Å²) >= 11 is 0. The summed E-state index contributed by atoms with van der Waals surface area (Å²) in [6.07, 6.45) is 3.22. The van der Waals surface area contributed by atoms with Gasteiger partial charge in [0, 0.05) is 28.2 Å². The van der Waals surface area contributed by atoms with Crippen LogP contribution in [0.4, 0.5) is 0 Å². The summed E-state index contributed by atoms with van der Waals surface area (Å²) in [7, 11) is -1.97. The number of aliphatic carboxylic acids is 1. The molecule has 1 aliphatic carbocycles. The van der Waals surface area contributed by atoms with Crippen molar-refractivity contribution >= 4 is 31.9 Å². The van der Waals surface area contributed by atoms with Gasteiger partial charge in [-0.15, -0.1) is 0 Å². The van der Waals surface area contributed by atoms with Gasteiger partial charge in [-0.05, 0) is 54.4 Å². The van der Waals surface area contributed by atoms with Crippen LogP contribution in [0.3, 0.4) is 0 Å². The SMILES string of the molecule is CC[Si](CC)(CC)O[C@H](C)[C@H]1C(=O)N2C(C(=O)[O-])=C(/C=C/COc3cccc4c3-c3ccc(C[N+]56CC[N+](CC(N)=O)(CC5)CC6)cc3C4=O)[C@H](C)[C@H]12.[Cl-]. The maximum Gasteiger partial charge on any atom is 0.272 e. The van der Waals surface area contributed by atoms with Crippen molar-refractivity contribution in [2.75, 3.05) is 52.4 Å². The Kier molecular flexibility index (Phi) is 11.1. The Morgan fingerprint density at radius 2 is 1.63 bits per heavy atom. The van der Waals surface area contributed by atoms with Crippen molar-refractivity contribution in [3.05, 3.63) is 76.5 Å². The van der Waals surface area contributed by atoms with Gasteiger partial charge in [0.2, 0.25) is 5.91 Å². The molecule has 2 amide bonds. The second-order valence-electron chi connectivity index (χ2n) is 16.1. The number of quaternary nitrogens is 2. The number of primary amides is 1. The number of ketones is 1. The monoisotopic (exact) mass is 776 g/mol. The molecule has 0 spiro atoms. The van der Waals surface area contributed by atoms with Gasteiger partial charge >= 0.3 is 0 Å². The molecule has 11 nitrogen and oxygen atoms in total. The number of β-lactam (4-membered cyclic amide) rings is 1. The van der Waals surface area contributed by atoms with E-state index in [4.69, 9.17) is 14.9 Å². The number of fused-ring (bicyclic) bond motifs is 7. The summed E-state index contributed by atoms with van der Waals surface area (Å²) in [5.41, 5.74) is 10.1. The fraction of sp³-hybridized carbons (Fsp3) is 0.512. The normalized spacial score (nSPS) is 27.4. The molecule has 2 aromatic carbocycles. The van der Waals surface area contributed by atoms with Crippen molar-refractivity contribution in [1.82, 2.24) is 4.90 Å². The summed E-state index contributed by atoms with van der Waals surface area (Å²) in [6.45, 7) is 17.6. The molecule has 2 N–H and O–H groups in total. The lowest BCUT2D eigenvalue weighted by atomic mass is 9.77. The Morgan fingerprint density at radius 1 is 0.981 bits per heavy atom. The first-order valence-corrected chi connectivity index (χ1v) is 21.9. The number of hydrogen-bond donors (Lipinski definition) is 1. The van der Waals surface area contributed by atoms with E-state index < -0.39 is 20.2 Å². The summed E-state index contributed by atoms with van der Waals surface area (Å²) in [5.74, 6) is -1.87. The molecule has 5 aliphatic heterocycles. The molecule has 5 heterocycles. The van der Waals surface area contributed by atoms with Gasteiger partial charge in [0.25, 0.3) is 5.91 Å². The highest BCUT2D eigenvalue weighted by molar-refractivity contribution is 6.73. The van der Waals surface area contributed by atoms with Gasteiger partial charge in [-0.3, -0.25) is 14.4 Å². The van der Waals surface area contributed by atoms with E-state index in [0.717, 1.165) is 89.6 Å². The van der Waals surface area contributed by atoms with Crippen LogP contribution in [0.1, 0.15) is 56.1 Å². The van der Waals surface area contributed by atoms with E-state index in [1.807, 2.05) is 44.2 Å². The molecule has 4 atom stereocenters. The van der Waals surface area contributed by atoms with Gasteiger partial charge in [-0.1, -0.05) is 58.0 Å². The average Bonchev–Trinajstić information content (AvgIpc) is 3.57. The van der Waals surface area contributed by atoms with Crippen LogP contribution in [-0.2, 0) is 25.4 Å². The molecular formula is C41H53ClN4O7Si. The smallest absolute Gasteiger partial charge is 0.272 e. The quantitative estimate of drug-likeness (QED) is 0.134. The summed E-state index contributed by atoms with van der Waals surface area (Å²) < 4.78 is 14.7. The molecule has 2 aromatic rings. The van der Waals surface area contributed by atoms with Crippen LogP contribution in [0, 0.1) is 11.8 Å². The van der Waals surface area contributed by atoms with Crippen molar-refractivity contribution in [2.24, 2.45) is 17.6 Å². The second kappa shape index (κ2) is 15.0. The number of benzene rings is 2. The highest BCUT2D eigenvalue weighted by atomic mass is 35.5. The Labute approximate surface area is 325 Å². The maximum atomic E-state index is 13.7. The van der Waals surface area contributed by atoms with Crippen molar-refractivity contribution in [2.45, 2.75) is 71.4 Å².